The van der Waals surface area contributed by atoms with Crippen molar-refractivity contribution in [3.05, 3.63) is 66.7 Å². The summed E-state index contributed by atoms with van der Waals surface area (Å²) in [5, 5.41) is 2.25. The first-order chi connectivity index (χ1) is 11.8. The van der Waals surface area contributed by atoms with E-state index >= 15 is 0 Å². The molecule has 25 heavy (non-hydrogen) atoms. The maximum atomic E-state index is 12.3. The van der Waals surface area contributed by atoms with Crippen LogP contribution in [0.4, 0.5) is 5.69 Å². The van der Waals surface area contributed by atoms with Crippen LogP contribution in [-0.4, -0.2) is 26.2 Å². The fraction of sp³-hybridized carbons (Fsp3) is 0.211. The van der Waals surface area contributed by atoms with Gasteiger partial charge in [0.05, 0.1) is 10.1 Å². The summed E-state index contributed by atoms with van der Waals surface area (Å²) in [5.41, 5.74) is 0.963. The summed E-state index contributed by atoms with van der Waals surface area (Å²) in [6, 6.07) is 12.9. The maximum absolute atomic E-state index is 12.3. The second-order valence-corrected chi connectivity index (χ2v) is 8.20. The van der Waals surface area contributed by atoms with Gasteiger partial charge in [0, 0.05) is 17.3 Å². The molecule has 0 aliphatic carbocycles. The van der Waals surface area contributed by atoms with Crippen LogP contribution in [0.15, 0.2) is 66.1 Å². The van der Waals surface area contributed by atoms with E-state index in [0.717, 1.165) is 0 Å². The number of amides is 1. The predicted molar refractivity (Wildman–Crippen MR) is 98.9 cm³/mol. The third kappa shape index (κ3) is 4.70. The van der Waals surface area contributed by atoms with Crippen LogP contribution in [-0.2, 0) is 9.84 Å². The lowest BCUT2D eigenvalue weighted by Gasteiger charge is -2.10. The topological polar surface area (TPSA) is 72.5 Å². The van der Waals surface area contributed by atoms with E-state index < -0.39 is 15.1 Å². The summed E-state index contributed by atoms with van der Waals surface area (Å²) in [6.45, 7) is 7.21. The Balaban J connectivity index is 2.12. The number of carbonyl (C=O) groups is 1. The lowest BCUT2D eigenvalue weighted by Crippen LogP contribution is -2.15. The summed E-state index contributed by atoms with van der Waals surface area (Å²) in [7, 11) is -3.35. The van der Waals surface area contributed by atoms with Crippen LogP contribution in [0.3, 0.4) is 0 Å². The SMILES string of the molecule is C=CCOc1cccc(NC(=O)c2ccc(S(=O)(=O)C(C)C)cc2)c1. The van der Waals surface area contributed by atoms with Crippen molar-refractivity contribution in [2.24, 2.45) is 0 Å². The second kappa shape index (κ2) is 7.98. The molecule has 6 heteroatoms. The lowest BCUT2D eigenvalue weighted by molar-refractivity contribution is 0.102. The molecule has 0 fully saturated rings. The predicted octanol–water partition coefficient (Wildman–Crippen LogP) is 3.69. The number of rotatable bonds is 7. The zero-order valence-electron chi connectivity index (χ0n) is 14.2. The number of hydrogen-bond donors (Lipinski definition) is 1. The van der Waals surface area contributed by atoms with Gasteiger partial charge in [-0.15, -0.1) is 0 Å². The van der Waals surface area contributed by atoms with Crippen molar-refractivity contribution in [1.29, 1.82) is 0 Å². The molecule has 1 amide bonds. The van der Waals surface area contributed by atoms with Gasteiger partial charge in [0.2, 0.25) is 0 Å². The number of hydrogen-bond acceptors (Lipinski definition) is 4. The van der Waals surface area contributed by atoms with E-state index in [0.29, 0.717) is 23.6 Å². The Labute approximate surface area is 148 Å². The zero-order chi connectivity index (χ0) is 18.4. The quantitative estimate of drug-likeness (QED) is 0.765. The fourth-order valence-corrected chi connectivity index (χ4v) is 3.15. The van der Waals surface area contributed by atoms with E-state index in [1.54, 1.807) is 44.2 Å². The Morgan fingerprint density at radius 3 is 2.48 bits per heavy atom. The maximum Gasteiger partial charge on any atom is 0.255 e. The van der Waals surface area contributed by atoms with E-state index in [2.05, 4.69) is 11.9 Å². The Kier molecular flexibility index (Phi) is 5.98. The molecule has 0 heterocycles. The third-order valence-electron chi connectivity index (χ3n) is 3.53. The van der Waals surface area contributed by atoms with Gasteiger partial charge in [-0.2, -0.15) is 0 Å². The first-order valence-corrected chi connectivity index (χ1v) is 9.38. The third-order valence-corrected chi connectivity index (χ3v) is 5.70. The smallest absolute Gasteiger partial charge is 0.255 e. The van der Waals surface area contributed by atoms with E-state index in [4.69, 9.17) is 4.74 Å². The van der Waals surface area contributed by atoms with E-state index in [1.165, 1.54) is 24.3 Å². The van der Waals surface area contributed by atoms with Crippen LogP contribution in [0.5, 0.6) is 5.75 Å². The summed E-state index contributed by atoms with van der Waals surface area (Å²) < 4.78 is 29.6. The monoisotopic (exact) mass is 359 g/mol. The average Bonchev–Trinajstić information content (AvgIpc) is 2.60. The first kappa shape index (κ1) is 18.7. The Morgan fingerprint density at radius 1 is 1.20 bits per heavy atom. The molecule has 0 spiro atoms. The highest BCUT2D eigenvalue weighted by Gasteiger charge is 2.19. The Bertz CT molecular complexity index is 855. The van der Waals surface area contributed by atoms with Gasteiger partial charge in [-0.25, -0.2) is 8.42 Å². The van der Waals surface area contributed by atoms with Crippen LogP contribution in [0, 0.1) is 0 Å². The van der Waals surface area contributed by atoms with E-state index in [1.807, 2.05) is 0 Å². The van der Waals surface area contributed by atoms with Crippen LogP contribution in [0.1, 0.15) is 24.2 Å². The van der Waals surface area contributed by atoms with Crippen molar-refractivity contribution in [1.82, 2.24) is 0 Å². The molecule has 0 unspecified atom stereocenters. The van der Waals surface area contributed by atoms with Gasteiger partial charge in [0.25, 0.3) is 5.91 Å². The van der Waals surface area contributed by atoms with Crippen molar-refractivity contribution < 1.29 is 17.9 Å². The van der Waals surface area contributed by atoms with Gasteiger partial charge in [0.1, 0.15) is 12.4 Å². The molecule has 2 aromatic carbocycles. The number of benzene rings is 2. The lowest BCUT2D eigenvalue weighted by atomic mass is 10.2. The number of sulfone groups is 1. The van der Waals surface area contributed by atoms with Crippen LogP contribution in [0.25, 0.3) is 0 Å². The van der Waals surface area contributed by atoms with Crippen LogP contribution >= 0.6 is 0 Å². The van der Waals surface area contributed by atoms with Crippen molar-refractivity contribution >= 4 is 21.4 Å². The number of ether oxygens (including phenoxy) is 1. The van der Waals surface area contributed by atoms with Crippen LogP contribution in [0.2, 0.25) is 0 Å². The van der Waals surface area contributed by atoms with E-state index in [9.17, 15) is 13.2 Å². The zero-order valence-corrected chi connectivity index (χ0v) is 15.0. The molecule has 0 bridgehead atoms. The largest absolute Gasteiger partial charge is 0.489 e. The highest BCUT2D eigenvalue weighted by atomic mass is 32.2. The molecule has 5 nitrogen and oxygen atoms in total. The average molecular weight is 359 g/mol. The van der Waals surface area contributed by atoms with Crippen molar-refractivity contribution in [3.8, 4) is 5.75 Å². The summed E-state index contributed by atoms with van der Waals surface area (Å²) >= 11 is 0. The standard InChI is InChI=1S/C19H21NO4S/c1-4-12-24-17-7-5-6-16(13-17)20-19(21)15-8-10-18(11-9-15)25(22,23)14(2)3/h4-11,13-14H,1,12H2,2-3H3,(H,20,21). The minimum Gasteiger partial charge on any atom is -0.489 e. The highest BCUT2D eigenvalue weighted by molar-refractivity contribution is 7.92. The summed E-state index contributed by atoms with van der Waals surface area (Å²) in [5.74, 6) is 0.297. The molecule has 0 saturated heterocycles. The molecule has 1 N–H and O–H groups in total. The van der Waals surface area contributed by atoms with Crippen LogP contribution < -0.4 is 10.1 Å². The highest BCUT2D eigenvalue weighted by Crippen LogP contribution is 2.20. The molecule has 2 rings (SSSR count). The van der Waals surface area contributed by atoms with Crippen molar-refractivity contribution in [3.63, 3.8) is 0 Å². The second-order valence-electron chi connectivity index (χ2n) is 5.70. The minimum absolute atomic E-state index is 0.207. The molecule has 0 aliphatic heterocycles. The molecule has 132 valence electrons. The fourth-order valence-electron chi connectivity index (χ4n) is 2.09. The number of nitrogens with one attached hydrogen (secondary N) is 1. The summed E-state index contributed by atoms with van der Waals surface area (Å²) in [4.78, 5) is 12.5. The molecule has 0 saturated carbocycles. The number of carbonyl (C=O) groups excluding carboxylic acids is 1. The molecule has 2 aromatic rings. The summed E-state index contributed by atoms with van der Waals surface area (Å²) in [6.07, 6.45) is 1.64. The van der Waals surface area contributed by atoms with Crippen molar-refractivity contribution in [2.45, 2.75) is 24.0 Å². The first-order valence-electron chi connectivity index (χ1n) is 7.83. The molecule has 0 aliphatic rings. The molecule has 0 atom stereocenters. The molecular weight excluding hydrogens is 338 g/mol. The van der Waals surface area contributed by atoms with Gasteiger partial charge in [-0.3, -0.25) is 4.79 Å². The van der Waals surface area contributed by atoms with Gasteiger partial charge >= 0.3 is 0 Å². The molecular formula is C19H21NO4S. The van der Waals surface area contributed by atoms with Gasteiger partial charge in [-0.05, 0) is 50.2 Å². The Morgan fingerprint density at radius 2 is 1.88 bits per heavy atom. The minimum atomic E-state index is -3.35. The molecule has 0 radical (unpaired) electrons. The van der Waals surface area contributed by atoms with Gasteiger partial charge < -0.3 is 10.1 Å². The van der Waals surface area contributed by atoms with Gasteiger partial charge in [-0.1, -0.05) is 18.7 Å². The Hall–Kier alpha value is -2.60. The van der Waals surface area contributed by atoms with Crippen molar-refractivity contribution in [2.75, 3.05) is 11.9 Å². The van der Waals surface area contributed by atoms with Gasteiger partial charge in [0.15, 0.2) is 9.84 Å². The molecule has 0 aromatic heterocycles. The van der Waals surface area contributed by atoms with E-state index in [-0.39, 0.29) is 10.8 Å². The normalized spacial score (nSPS) is 11.2. The number of anilines is 1.